The number of rotatable bonds is 10. The molecular weight excluding hydrogens is 448 g/mol. The molecule has 0 radical (unpaired) electrons. The molecule has 36 heavy (non-hydrogen) atoms. The average molecular weight is 485 g/mol. The molecule has 1 amide bonds. The lowest BCUT2D eigenvalue weighted by Gasteiger charge is -2.26. The smallest absolute Gasteiger partial charge is 0.251 e. The van der Waals surface area contributed by atoms with Crippen molar-refractivity contribution in [3.05, 3.63) is 93.9 Å². The molecule has 1 aromatic heterocycles. The van der Waals surface area contributed by atoms with Crippen LogP contribution in [0.4, 0.5) is 0 Å². The number of benzene rings is 2. The predicted molar refractivity (Wildman–Crippen MR) is 144 cm³/mol. The number of carbonyl (C=O) groups is 2. The number of pyridine rings is 1. The Morgan fingerprint density at radius 3 is 2.36 bits per heavy atom. The van der Waals surface area contributed by atoms with Gasteiger partial charge in [-0.3, -0.25) is 14.4 Å². The molecule has 5 heteroatoms. The number of nitrogens with zero attached hydrogens (tertiary/aromatic N) is 1. The van der Waals surface area contributed by atoms with E-state index in [0.29, 0.717) is 12.3 Å². The van der Waals surface area contributed by atoms with Crippen LogP contribution in [0.3, 0.4) is 0 Å². The number of hydrogen-bond donors (Lipinski definition) is 1. The fourth-order valence-electron chi connectivity index (χ4n) is 4.95. The first-order valence-electron chi connectivity index (χ1n) is 12.9. The van der Waals surface area contributed by atoms with Crippen LogP contribution >= 0.6 is 0 Å². The molecule has 1 unspecified atom stereocenters. The van der Waals surface area contributed by atoms with E-state index in [1.165, 1.54) is 45.7 Å². The molecule has 1 aliphatic carbocycles. The van der Waals surface area contributed by atoms with Gasteiger partial charge in [-0.1, -0.05) is 56.3 Å². The van der Waals surface area contributed by atoms with Gasteiger partial charge in [-0.2, -0.15) is 0 Å². The van der Waals surface area contributed by atoms with Crippen LogP contribution in [0.2, 0.25) is 0 Å². The van der Waals surface area contributed by atoms with Crippen LogP contribution < -0.4 is 10.9 Å². The summed E-state index contributed by atoms with van der Waals surface area (Å²) >= 11 is 0. The van der Waals surface area contributed by atoms with E-state index in [-0.39, 0.29) is 29.6 Å². The van der Waals surface area contributed by atoms with E-state index in [1.807, 2.05) is 19.9 Å². The number of aromatic nitrogens is 1. The quantitative estimate of drug-likeness (QED) is 0.377. The van der Waals surface area contributed by atoms with Crippen LogP contribution in [-0.2, 0) is 9.59 Å². The summed E-state index contributed by atoms with van der Waals surface area (Å²) < 4.78 is 1.50. The number of amides is 1. The standard InChI is InChI=1S/C31H36N2O3/c1-20(2)17-29(33-16-8-7-11-30(33)35)31(36)32-28(18-22(4)34)24-14-15-26(23-12-13-23)27(19-24)25-10-6-5-9-21(25)3/h5-11,14-16,19-20,23,28-29H,12-13,17-18H2,1-4H3,(H,32,36)/t28-,29?/m0/s1. The molecule has 3 aromatic rings. The van der Waals surface area contributed by atoms with Crippen molar-refractivity contribution in [1.82, 2.24) is 9.88 Å². The molecule has 0 spiro atoms. The molecule has 4 rings (SSSR count). The lowest BCUT2D eigenvalue weighted by Crippen LogP contribution is -2.39. The van der Waals surface area contributed by atoms with Crippen LogP contribution in [0.15, 0.2) is 71.7 Å². The third-order valence-corrected chi connectivity index (χ3v) is 6.92. The first-order valence-corrected chi connectivity index (χ1v) is 12.9. The predicted octanol–water partition coefficient (Wildman–Crippen LogP) is 6.12. The van der Waals surface area contributed by atoms with Gasteiger partial charge >= 0.3 is 0 Å². The van der Waals surface area contributed by atoms with Gasteiger partial charge in [0.15, 0.2) is 0 Å². The van der Waals surface area contributed by atoms with Crippen molar-refractivity contribution in [2.75, 3.05) is 0 Å². The van der Waals surface area contributed by atoms with Crippen LogP contribution in [0, 0.1) is 12.8 Å². The fourth-order valence-corrected chi connectivity index (χ4v) is 4.95. The first-order chi connectivity index (χ1) is 17.2. The Morgan fingerprint density at radius 2 is 1.72 bits per heavy atom. The summed E-state index contributed by atoms with van der Waals surface area (Å²) in [5.74, 6) is 0.535. The van der Waals surface area contributed by atoms with E-state index in [2.05, 4.69) is 48.6 Å². The lowest BCUT2D eigenvalue weighted by atomic mass is 9.89. The van der Waals surface area contributed by atoms with E-state index in [0.717, 1.165) is 5.56 Å². The zero-order valence-electron chi connectivity index (χ0n) is 21.7. The number of carbonyl (C=O) groups excluding carboxylic acids is 2. The van der Waals surface area contributed by atoms with Gasteiger partial charge in [0.1, 0.15) is 11.8 Å². The van der Waals surface area contributed by atoms with E-state index in [9.17, 15) is 14.4 Å². The number of nitrogens with one attached hydrogen (secondary N) is 1. The van der Waals surface area contributed by atoms with E-state index < -0.39 is 12.1 Å². The lowest BCUT2D eigenvalue weighted by molar-refractivity contribution is -0.126. The van der Waals surface area contributed by atoms with Crippen molar-refractivity contribution >= 4 is 11.7 Å². The minimum atomic E-state index is -0.644. The minimum Gasteiger partial charge on any atom is -0.347 e. The van der Waals surface area contributed by atoms with Crippen molar-refractivity contribution in [3.8, 4) is 11.1 Å². The van der Waals surface area contributed by atoms with Crippen molar-refractivity contribution in [3.63, 3.8) is 0 Å². The third-order valence-electron chi connectivity index (χ3n) is 6.92. The molecule has 1 fully saturated rings. The maximum absolute atomic E-state index is 13.6. The molecule has 1 N–H and O–H groups in total. The number of hydrogen-bond acceptors (Lipinski definition) is 3. The Labute approximate surface area is 213 Å². The molecule has 2 atom stereocenters. The fraction of sp³-hybridized carbons (Fsp3) is 0.387. The summed E-state index contributed by atoms with van der Waals surface area (Å²) in [7, 11) is 0. The summed E-state index contributed by atoms with van der Waals surface area (Å²) in [5.41, 5.74) is 5.58. The molecular formula is C31H36N2O3. The van der Waals surface area contributed by atoms with Crippen LogP contribution in [0.5, 0.6) is 0 Å². The van der Waals surface area contributed by atoms with Crippen molar-refractivity contribution in [1.29, 1.82) is 0 Å². The van der Waals surface area contributed by atoms with Crippen LogP contribution in [0.1, 0.15) is 81.1 Å². The summed E-state index contributed by atoms with van der Waals surface area (Å²) in [6.07, 6.45) is 4.76. The Balaban J connectivity index is 1.71. The average Bonchev–Trinajstić information content (AvgIpc) is 3.68. The molecule has 1 heterocycles. The van der Waals surface area contributed by atoms with Crippen molar-refractivity contribution in [2.24, 2.45) is 5.92 Å². The van der Waals surface area contributed by atoms with Gasteiger partial charge in [-0.25, -0.2) is 0 Å². The molecule has 5 nitrogen and oxygen atoms in total. The maximum atomic E-state index is 13.6. The zero-order chi connectivity index (χ0) is 25.8. The SMILES string of the molecule is CC(=O)C[C@H](NC(=O)C(CC(C)C)n1ccccc1=O)c1ccc(C2CC2)c(-c2ccccc2C)c1. The summed E-state index contributed by atoms with van der Waals surface area (Å²) in [5, 5.41) is 3.13. The highest BCUT2D eigenvalue weighted by Gasteiger charge is 2.29. The second kappa shape index (κ2) is 11.1. The van der Waals surface area contributed by atoms with Crippen molar-refractivity contribution in [2.45, 2.75) is 71.4 Å². The highest BCUT2D eigenvalue weighted by atomic mass is 16.2. The zero-order valence-corrected chi connectivity index (χ0v) is 21.7. The second-order valence-electron chi connectivity index (χ2n) is 10.5. The summed E-state index contributed by atoms with van der Waals surface area (Å²) in [4.78, 5) is 38.4. The number of aryl methyl sites for hydroxylation is 1. The Hall–Kier alpha value is -3.47. The van der Waals surface area contributed by atoms with Gasteiger partial charge in [-0.15, -0.1) is 0 Å². The Morgan fingerprint density at radius 1 is 1.00 bits per heavy atom. The molecule has 0 saturated heterocycles. The Kier molecular flexibility index (Phi) is 7.88. The number of Topliss-reactive ketones (excluding diaryl/α,β-unsaturated/α-hetero) is 1. The summed E-state index contributed by atoms with van der Waals surface area (Å²) in [6, 6.07) is 18.5. The molecule has 1 aliphatic rings. The van der Waals surface area contributed by atoms with Gasteiger partial charge in [-0.05, 0) is 84.9 Å². The van der Waals surface area contributed by atoms with Crippen molar-refractivity contribution < 1.29 is 9.59 Å². The van der Waals surface area contributed by atoms with E-state index in [1.54, 1.807) is 25.3 Å². The normalized spacial score (nSPS) is 14.9. The summed E-state index contributed by atoms with van der Waals surface area (Å²) in [6.45, 7) is 7.73. The van der Waals surface area contributed by atoms with E-state index >= 15 is 0 Å². The molecule has 188 valence electrons. The second-order valence-corrected chi connectivity index (χ2v) is 10.5. The van der Waals surface area contributed by atoms with Gasteiger partial charge < -0.3 is 9.88 Å². The van der Waals surface area contributed by atoms with Gasteiger partial charge in [0.25, 0.3) is 5.56 Å². The highest BCUT2D eigenvalue weighted by molar-refractivity contribution is 5.83. The minimum absolute atomic E-state index is 0.00120. The molecule has 1 saturated carbocycles. The van der Waals surface area contributed by atoms with E-state index in [4.69, 9.17) is 0 Å². The first kappa shape index (κ1) is 25.6. The largest absolute Gasteiger partial charge is 0.347 e. The maximum Gasteiger partial charge on any atom is 0.251 e. The third kappa shape index (κ3) is 6.01. The number of ketones is 1. The van der Waals surface area contributed by atoms with Crippen LogP contribution in [0.25, 0.3) is 11.1 Å². The molecule has 2 aromatic carbocycles. The molecule has 0 bridgehead atoms. The highest BCUT2D eigenvalue weighted by Crippen LogP contribution is 2.45. The Bertz CT molecular complexity index is 1300. The van der Waals surface area contributed by atoms with Gasteiger partial charge in [0, 0.05) is 18.7 Å². The monoisotopic (exact) mass is 484 g/mol. The van der Waals surface area contributed by atoms with Gasteiger partial charge in [0.05, 0.1) is 6.04 Å². The van der Waals surface area contributed by atoms with Gasteiger partial charge in [0.2, 0.25) is 5.91 Å². The van der Waals surface area contributed by atoms with Crippen LogP contribution in [-0.4, -0.2) is 16.3 Å². The topological polar surface area (TPSA) is 68.2 Å². The molecule has 0 aliphatic heterocycles.